The van der Waals surface area contributed by atoms with E-state index in [0.717, 1.165) is 35.0 Å². The molecule has 0 atom stereocenters. The zero-order chi connectivity index (χ0) is 18.5. The van der Waals surface area contributed by atoms with E-state index >= 15 is 0 Å². The highest BCUT2D eigenvalue weighted by Crippen LogP contribution is 2.23. The molecular weight excluding hydrogens is 330 g/mol. The number of nitrogens with one attached hydrogen (secondary N) is 1. The average Bonchev–Trinajstić information content (AvgIpc) is 2.60. The minimum atomic E-state index is -0.379. The Balaban J connectivity index is 1.71. The third-order valence-corrected chi connectivity index (χ3v) is 3.99. The van der Waals surface area contributed by atoms with Crippen molar-refractivity contribution >= 4 is 22.6 Å². The minimum absolute atomic E-state index is 0.127. The van der Waals surface area contributed by atoms with Gasteiger partial charge < -0.3 is 14.5 Å². The molecule has 0 saturated carbocycles. The van der Waals surface area contributed by atoms with Crippen molar-refractivity contribution in [3.05, 3.63) is 70.1 Å². The van der Waals surface area contributed by atoms with E-state index in [9.17, 15) is 9.59 Å². The van der Waals surface area contributed by atoms with E-state index in [1.165, 1.54) is 6.07 Å². The highest BCUT2D eigenvalue weighted by atomic mass is 16.5. The first-order valence-corrected chi connectivity index (χ1v) is 8.61. The maximum Gasteiger partial charge on any atom is 0.336 e. The fraction of sp³-hybridized carbons (Fsp3) is 0.238. The van der Waals surface area contributed by atoms with Crippen LogP contribution in [0.15, 0.2) is 57.7 Å². The molecule has 1 N–H and O–H groups in total. The Morgan fingerprint density at radius 3 is 2.77 bits per heavy atom. The third-order valence-electron chi connectivity index (χ3n) is 3.99. The van der Waals surface area contributed by atoms with Crippen LogP contribution < -0.4 is 15.7 Å². The van der Waals surface area contributed by atoms with Gasteiger partial charge >= 0.3 is 5.63 Å². The first-order chi connectivity index (χ1) is 12.5. The Morgan fingerprint density at radius 2 is 2.00 bits per heavy atom. The molecule has 0 aliphatic rings. The van der Waals surface area contributed by atoms with Crippen LogP contribution in [0, 0.1) is 6.92 Å². The van der Waals surface area contributed by atoms with E-state index in [-0.39, 0.29) is 18.1 Å². The molecule has 1 amide bonds. The number of anilines is 1. The maximum absolute atomic E-state index is 12.0. The molecule has 0 aliphatic carbocycles. The van der Waals surface area contributed by atoms with Gasteiger partial charge in [-0.25, -0.2) is 4.79 Å². The fourth-order valence-corrected chi connectivity index (χ4v) is 2.84. The van der Waals surface area contributed by atoms with Gasteiger partial charge in [0.1, 0.15) is 11.3 Å². The molecule has 0 saturated heterocycles. The Kier molecular flexibility index (Phi) is 5.37. The molecule has 1 aromatic heterocycles. The van der Waals surface area contributed by atoms with E-state index in [2.05, 4.69) is 12.2 Å². The number of benzene rings is 2. The molecule has 5 nitrogen and oxygen atoms in total. The summed E-state index contributed by atoms with van der Waals surface area (Å²) < 4.78 is 10.8. The second kappa shape index (κ2) is 7.87. The number of hydrogen-bond acceptors (Lipinski definition) is 4. The quantitative estimate of drug-likeness (QED) is 0.680. The van der Waals surface area contributed by atoms with Crippen LogP contribution in [0.3, 0.4) is 0 Å². The lowest BCUT2D eigenvalue weighted by molar-refractivity contribution is -0.118. The van der Waals surface area contributed by atoms with Crippen molar-refractivity contribution in [1.82, 2.24) is 0 Å². The molecule has 0 aliphatic heterocycles. The number of aryl methyl sites for hydroxylation is 2. The van der Waals surface area contributed by atoms with Crippen LogP contribution in [0.1, 0.15) is 24.5 Å². The highest BCUT2D eigenvalue weighted by molar-refractivity contribution is 5.92. The molecule has 2 aromatic carbocycles. The number of ether oxygens (including phenoxy) is 1. The summed E-state index contributed by atoms with van der Waals surface area (Å²) in [4.78, 5) is 23.8. The number of hydrogen-bond donors (Lipinski definition) is 1. The highest BCUT2D eigenvalue weighted by Gasteiger charge is 2.08. The van der Waals surface area contributed by atoms with E-state index < -0.39 is 0 Å². The monoisotopic (exact) mass is 351 g/mol. The zero-order valence-electron chi connectivity index (χ0n) is 14.9. The molecule has 3 aromatic rings. The lowest BCUT2D eigenvalue weighted by Gasteiger charge is -2.09. The summed E-state index contributed by atoms with van der Waals surface area (Å²) in [7, 11) is 0. The van der Waals surface area contributed by atoms with Crippen LogP contribution in [0.25, 0.3) is 11.0 Å². The van der Waals surface area contributed by atoms with Crippen molar-refractivity contribution in [3.8, 4) is 5.75 Å². The van der Waals surface area contributed by atoms with Gasteiger partial charge in [0.2, 0.25) is 0 Å². The first kappa shape index (κ1) is 17.7. The van der Waals surface area contributed by atoms with Crippen molar-refractivity contribution in [2.45, 2.75) is 26.7 Å². The number of fused-ring (bicyclic) bond motifs is 1. The third kappa shape index (κ3) is 4.30. The Hall–Kier alpha value is -3.08. The summed E-state index contributed by atoms with van der Waals surface area (Å²) in [6, 6.07) is 14.4. The summed E-state index contributed by atoms with van der Waals surface area (Å²) in [5.74, 6) is 0.227. The van der Waals surface area contributed by atoms with Crippen LogP contribution in [0.5, 0.6) is 5.75 Å². The number of amides is 1. The predicted octanol–water partition coefficient (Wildman–Crippen LogP) is 4.07. The van der Waals surface area contributed by atoms with Crippen molar-refractivity contribution in [2.24, 2.45) is 0 Å². The molecule has 1 heterocycles. The summed E-state index contributed by atoms with van der Waals surface area (Å²) in [6.45, 7) is 3.89. The first-order valence-electron chi connectivity index (χ1n) is 8.61. The number of carbonyl (C=O) groups is 1. The van der Waals surface area contributed by atoms with Gasteiger partial charge in [-0.15, -0.1) is 0 Å². The summed E-state index contributed by atoms with van der Waals surface area (Å²) in [6.07, 6.45) is 1.75. The summed E-state index contributed by atoms with van der Waals surface area (Å²) in [5, 5.41) is 3.68. The molecule has 134 valence electrons. The van der Waals surface area contributed by atoms with Gasteiger partial charge in [-0.05, 0) is 48.7 Å². The standard InChI is InChI=1S/C21H21NO4/c1-3-5-15-11-21(24)26-19-12-17(8-9-18(15)19)25-13-20(23)22-16-7-4-6-14(2)10-16/h4,6-12H,3,5,13H2,1-2H3,(H,22,23). The average molecular weight is 351 g/mol. The van der Waals surface area contributed by atoms with Gasteiger partial charge in [-0.3, -0.25) is 4.79 Å². The molecule has 0 unspecified atom stereocenters. The van der Waals surface area contributed by atoms with Crippen molar-refractivity contribution in [2.75, 3.05) is 11.9 Å². The van der Waals surface area contributed by atoms with Crippen LogP contribution in [-0.4, -0.2) is 12.5 Å². The fourth-order valence-electron chi connectivity index (χ4n) is 2.84. The van der Waals surface area contributed by atoms with Crippen LogP contribution in [-0.2, 0) is 11.2 Å². The van der Waals surface area contributed by atoms with Gasteiger partial charge in [0.15, 0.2) is 6.61 Å². The second-order valence-electron chi connectivity index (χ2n) is 6.20. The second-order valence-corrected chi connectivity index (χ2v) is 6.20. The van der Waals surface area contributed by atoms with Gasteiger partial charge in [0.05, 0.1) is 0 Å². The topological polar surface area (TPSA) is 68.5 Å². The molecule has 26 heavy (non-hydrogen) atoms. The normalized spacial score (nSPS) is 10.7. The van der Waals surface area contributed by atoms with Gasteiger partial charge in [0, 0.05) is 23.2 Å². The van der Waals surface area contributed by atoms with E-state index in [4.69, 9.17) is 9.15 Å². The van der Waals surface area contributed by atoms with Crippen molar-refractivity contribution in [1.29, 1.82) is 0 Å². The zero-order valence-corrected chi connectivity index (χ0v) is 14.9. The van der Waals surface area contributed by atoms with E-state index in [0.29, 0.717) is 11.3 Å². The Morgan fingerprint density at radius 1 is 1.15 bits per heavy atom. The van der Waals surface area contributed by atoms with Crippen LogP contribution in [0.4, 0.5) is 5.69 Å². The largest absolute Gasteiger partial charge is 0.484 e. The van der Waals surface area contributed by atoms with Crippen molar-refractivity contribution < 1.29 is 13.9 Å². The summed E-state index contributed by atoms with van der Waals surface area (Å²) in [5.41, 5.74) is 2.85. The number of carbonyl (C=O) groups excluding carboxylic acids is 1. The van der Waals surface area contributed by atoms with Gasteiger partial charge in [0.25, 0.3) is 5.91 Å². The SMILES string of the molecule is CCCc1cc(=O)oc2cc(OCC(=O)Nc3cccc(C)c3)ccc12. The molecular formula is C21H21NO4. The number of rotatable bonds is 6. The Bertz CT molecular complexity index is 991. The van der Waals surface area contributed by atoms with Crippen LogP contribution in [0.2, 0.25) is 0 Å². The lowest BCUT2D eigenvalue weighted by atomic mass is 10.1. The smallest absolute Gasteiger partial charge is 0.336 e. The van der Waals surface area contributed by atoms with Gasteiger partial charge in [-0.1, -0.05) is 25.5 Å². The van der Waals surface area contributed by atoms with E-state index in [1.54, 1.807) is 12.1 Å². The molecule has 0 bridgehead atoms. The maximum atomic E-state index is 12.0. The van der Waals surface area contributed by atoms with E-state index in [1.807, 2.05) is 37.3 Å². The molecule has 5 heteroatoms. The van der Waals surface area contributed by atoms with Gasteiger partial charge in [-0.2, -0.15) is 0 Å². The molecule has 0 spiro atoms. The van der Waals surface area contributed by atoms with Crippen LogP contribution >= 0.6 is 0 Å². The predicted molar refractivity (Wildman–Crippen MR) is 102 cm³/mol. The molecule has 0 radical (unpaired) electrons. The van der Waals surface area contributed by atoms with Crippen molar-refractivity contribution in [3.63, 3.8) is 0 Å². The summed E-state index contributed by atoms with van der Waals surface area (Å²) >= 11 is 0. The lowest BCUT2D eigenvalue weighted by Crippen LogP contribution is -2.20. The molecule has 0 fully saturated rings. The minimum Gasteiger partial charge on any atom is -0.484 e. The Labute approximate surface area is 151 Å². The molecule has 3 rings (SSSR count).